The van der Waals surface area contributed by atoms with Crippen LogP contribution in [0.15, 0.2) is 40.5 Å². The molecule has 7 nitrogen and oxygen atoms in total. The number of nitro benzene ring substituents is 1. The number of non-ortho nitro benzene ring substituents is 1. The van der Waals surface area contributed by atoms with Crippen molar-refractivity contribution in [2.24, 2.45) is 4.99 Å². The molecule has 25 heavy (non-hydrogen) atoms. The van der Waals surface area contributed by atoms with Crippen LogP contribution in [0.1, 0.15) is 44.7 Å². The van der Waals surface area contributed by atoms with E-state index in [9.17, 15) is 20.0 Å². The van der Waals surface area contributed by atoms with Crippen molar-refractivity contribution in [1.82, 2.24) is 5.32 Å². The summed E-state index contributed by atoms with van der Waals surface area (Å²) in [4.78, 5) is 26.7. The van der Waals surface area contributed by atoms with Crippen molar-refractivity contribution in [2.45, 2.75) is 39.2 Å². The van der Waals surface area contributed by atoms with Crippen molar-refractivity contribution in [3.63, 3.8) is 0 Å². The van der Waals surface area contributed by atoms with Crippen molar-refractivity contribution in [2.75, 3.05) is 5.75 Å². The molecule has 8 heteroatoms. The van der Waals surface area contributed by atoms with E-state index in [0.717, 1.165) is 25.0 Å². The van der Waals surface area contributed by atoms with Gasteiger partial charge < -0.3 is 10.4 Å². The fourth-order valence-electron chi connectivity index (χ4n) is 2.57. The number of hydrogen-bond donors (Lipinski definition) is 2. The molecule has 0 radical (unpaired) electrons. The molecule has 1 aliphatic heterocycles. The molecule has 1 aromatic carbocycles. The van der Waals surface area contributed by atoms with E-state index in [-0.39, 0.29) is 11.3 Å². The van der Waals surface area contributed by atoms with E-state index >= 15 is 0 Å². The third-order valence-corrected chi connectivity index (χ3v) is 4.81. The van der Waals surface area contributed by atoms with Crippen LogP contribution in [-0.2, 0) is 4.79 Å². The Labute approximate surface area is 150 Å². The van der Waals surface area contributed by atoms with Crippen LogP contribution in [0, 0.1) is 10.1 Å². The minimum Gasteiger partial charge on any atom is -0.478 e. The van der Waals surface area contributed by atoms with Crippen LogP contribution in [0.4, 0.5) is 5.69 Å². The van der Waals surface area contributed by atoms with Gasteiger partial charge in [-0.1, -0.05) is 43.7 Å². The van der Waals surface area contributed by atoms with Gasteiger partial charge >= 0.3 is 5.97 Å². The molecule has 134 valence electrons. The number of unbranched alkanes of at least 4 members (excludes halogenated alkanes) is 2. The first-order valence-corrected chi connectivity index (χ1v) is 9.08. The molecule has 0 saturated heterocycles. The quantitative estimate of drug-likeness (QED) is 0.433. The number of aliphatic carboxylic acids is 1. The number of thioether (sulfide) groups is 1. The summed E-state index contributed by atoms with van der Waals surface area (Å²) in [5.74, 6) is -0.197. The molecule has 2 rings (SSSR count). The molecule has 0 saturated carbocycles. The van der Waals surface area contributed by atoms with Crippen molar-refractivity contribution >= 4 is 28.6 Å². The number of amidine groups is 1. The molecular weight excluding hydrogens is 342 g/mol. The number of nitro groups is 1. The van der Waals surface area contributed by atoms with Gasteiger partial charge in [-0.25, -0.2) is 9.79 Å². The first-order valence-electron chi connectivity index (χ1n) is 8.10. The molecule has 2 N–H and O–H groups in total. The van der Waals surface area contributed by atoms with Crippen molar-refractivity contribution in [3.05, 3.63) is 51.2 Å². The largest absolute Gasteiger partial charge is 0.478 e. The first-order chi connectivity index (χ1) is 11.9. The van der Waals surface area contributed by atoms with Crippen molar-refractivity contribution in [3.8, 4) is 0 Å². The summed E-state index contributed by atoms with van der Waals surface area (Å²) in [6, 6.07) is 5.23. The molecule has 1 heterocycles. The molecule has 0 bridgehead atoms. The van der Waals surface area contributed by atoms with E-state index in [4.69, 9.17) is 0 Å². The van der Waals surface area contributed by atoms with Gasteiger partial charge in [-0.3, -0.25) is 10.1 Å². The number of carboxylic acids is 1. The second kappa shape index (κ2) is 8.66. The number of carboxylic acid groups (broad SMARTS) is 1. The number of aliphatic imine (C=N–C) groups is 1. The molecule has 1 aromatic rings. The summed E-state index contributed by atoms with van der Waals surface area (Å²) < 4.78 is 0. The number of carbonyl (C=O) groups is 1. The van der Waals surface area contributed by atoms with E-state index in [1.165, 1.54) is 12.1 Å². The van der Waals surface area contributed by atoms with E-state index in [0.29, 0.717) is 16.4 Å². The van der Waals surface area contributed by atoms with Gasteiger partial charge in [-0.2, -0.15) is 0 Å². The maximum atomic E-state index is 11.7. The van der Waals surface area contributed by atoms with Gasteiger partial charge in [-0.15, -0.1) is 0 Å². The van der Waals surface area contributed by atoms with Gasteiger partial charge in [0, 0.05) is 23.6 Å². The highest BCUT2D eigenvalue weighted by atomic mass is 32.2. The molecule has 0 aliphatic carbocycles. The standard InChI is InChI=1S/C17H21N3O4S/c1-3-4-5-9-25-17-18-11(2)14(16(21)22)15(19-17)12-7-6-8-13(10-12)20(23)24/h6-8,10,15H,3-5,9H2,1-2H3,(H,18,19)(H,21,22). The monoisotopic (exact) mass is 363 g/mol. The van der Waals surface area contributed by atoms with Crippen LogP contribution in [0.2, 0.25) is 0 Å². The number of rotatable bonds is 7. The Hall–Kier alpha value is -2.35. The Morgan fingerprint density at radius 3 is 2.84 bits per heavy atom. The number of hydrogen-bond acceptors (Lipinski definition) is 6. The average molecular weight is 363 g/mol. The van der Waals surface area contributed by atoms with Crippen LogP contribution < -0.4 is 5.32 Å². The fraction of sp³-hybridized carbons (Fsp3) is 0.412. The van der Waals surface area contributed by atoms with E-state index in [1.807, 2.05) is 0 Å². The molecule has 1 unspecified atom stereocenters. The summed E-state index contributed by atoms with van der Waals surface area (Å²) in [5.41, 5.74) is 1.04. The van der Waals surface area contributed by atoms with Crippen molar-refractivity contribution < 1.29 is 14.8 Å². The minimum absolute atomic E-state index is 0.0780. The maximum Gasteiger partial charge on any atom is 0.335 e. The molecule has 1 aliphatic rings. The molecule has 0 fully saturated rings. The van der Waals surface area contributed by atoms with Crippen LogP contribution in [0.25, 0.3) is 0 Å². The molecule has 0 spiro atoms. The Bertz CT molecular complexity index is 730. The van der Waals surface area contributed by atoms with E-state index < -0.39 is 16.9 Å². The number of nitrogens with zero attached hydrogens (tertiary/aromatic N) is 2. The Morgan fingerprint density at radius 2 is 2.20 bits per heavy atom. The van der Waals surface area contributed by atoms with E-state index in [2.05, 4.69) is 17.2 Å². The highest BCUT2D eigenvalue weighted by molar-refractivity contribution is 8.13. The lowest BCUT2D eigenvalue weighted by molar-refractivity contribution is -0.384. The normalized spacial score (nSPS) is 17.0. The van der Waals surface area contributed by atoms with Crippen molar-refractivity contribution in [1.29, 1.82) is 0 Å². The van der Waals surface area contributed by atoms with Gasteiger partial charge in [0.1, 0.15) is 6.04 Å². The highest BCUT2D eigenvalue weighted by Gasteiger charge is 2.29. The summed E-state index contributed by atoms with van der Waals surface area (Å²) in [6.07, 6.45) is 3.31. The lowest BCUT2D eigenvalue weighted by atomic mass is 9.96. The average Bonchev–Trinajstić information content (AvgIpc) is 2.58. The van der Waals surface area contributed by atoms with Crippen LogP contribution in [0.3, 0.4) is 0 Å². The zero-order valence-corrected chi connectivity index (χ0v) is 15.0. The summed E-state index contributed by atoms with van der Waals surface area (Å²) in [6.45, 7) is 3.82. The summed E-state index contributed by atoms with van der Waals surface area (Å²) >= 11 is 1.54. The fourth-order valence-corrected chi connectivity index (χ4v) is 3.52. The van der Waals surface area contributed by atoms with Gasteiger partial charge in [0.25, 0.3) is 5.69 Å². The van der Waals surface area contributed by atoms with Gasteiger partial charge in [0.15, 0.2) is 5.17 Å². The third-order valence-electron chi connectivity index (χ3n) is 3.83. The predicted molar refractivity (Wildman–Crippen MR) is 98.7 cm³/mol. The van der Waals surface area contributed by atoms with E-state index in [1.54, 1.807) is 30.8 Å². The molecular formula is C17H21N3O4S. The SMILES string of the molecule is CCCCCSC1=NC(c2cccc([N+](=O)[O-])c2)C(C(=O)O)=C(C)N1. The lowest BCUT2D eigenvalue weighted by Crippen LogP contribution is -2.29. The lowest BCUT2D eigenvalue weighted by Gasteiger charge is -2.24. The molecule has 0 amide bonds. The topological polar surface area (TPSA) is 105 Å². The van der Waals surface area contributed by atoms with Gasteiger partial charge in [-0.05, 0) is 18.9 Å². The smallest absolute Gasteiger partial charge is 0.335 e. The van der Waals surface area contributed by atoms with Crippen LogP contribution >= 0.6 is 11.8 Å². The first kappa shape index (κ1) is 19.0. The van der Waals surface area contributed by atoms with Gasteiger partial charge in [0.05, 0.1) is 10.5 Å². The number of allylic oxidation sites excluding steroid dienone is 1. The number of nitrogens with one attached hydrogen (secondary N) is 1. The second-order valence-electron chi connectivity index (χ2n) is 5.71. The third kappa shape index (κ3) is 4.82. The van der Waals surface area contributed by atoms with Crippen LogP contribution in [-0.4, -0.2) is 26.9 Å². The summed E-state index contributed by atoms with van der Waals surface area (Å²) in [7, 11) is 0. The highest BCUT2D eigenvalue weighted by Crippen LogP contribution is 2.33. The second-order valence-corrected chi connectivity index (χ2v) is 6.80. The van der Waals surface area contributed by atoms with Crippen LogP contribution in [0.5, 0.6) is 0 Å². The van der Waals surface area contributed by atoms with Gasteiger partial charge in [0.2, 0.25) is 0 Å². The molecule has 1 atom stereocenters. The Morgan fingerprint density at radius 1 is 1.44 bits per heavy atom. The summed E-state index contributed by atoms with van der Waals surface area (Å²) in [5, 5.41) is 24.2. The maximum absolute atomic E-state index is 11.7. The Balaban J connectivity index is 2.32. The zero-order valence-electron chi connectivity index (χ0n) is 14.2. The zero-order chi connectivity index (χ0) is 18.4. The minimum atomic E-state index is -1.08. The Kier molecular flexibility index (Phi) is 6.58. The number of benzene rings is 1. The molecule has 0 aromatic heterocycles. The predicted octanol–water partition coefficient (Wildman–Crippen LogP) is 3.88.